The van der Waals surface area contributed by atoms with Crippen LogP contribution >= 0.6 is 27.5 Å². The van der Waals surface area contributed by atoms with Crippen LogP contribution < -0.4 is 15.5 Å². The van der Waals surface area contributed by atoms with E-state index in [2.05, 4.69) is 31.8 Å². The number of halogens is 2. The van der Waals surface area contributed by atoms with Gasteiger partial charge in [-0.1, -0.05) is 57.4 Å². The minimum atomic E-state index is -0.569. The number of nitrogens with one attached hydrogen (secondary N) is 2. The molecular weight excluding hydrogens is 570 g/mol. The maximum atomic E-state index is 12.9. The highest BCUT2D eigenvalue weighted by Crippen LogP contribution is 2.23. The molecule has 2 N–H and O–H groups in total. The maximum Gasteiger partial charge on any atom is 0.343 e. The van der Waals surface area contributed by atoms with E-state index in [-0.39, 0.29) is 17.2 Å². The van der Waals surface area contributed by atoms with E-state index < -0.39 is 11.9 Å². The number of hydrazone groups is 1. The van der Waals surface area contributed by atoms with Gasteiger partial charge in [-0.2, -0.15) is 5.10 Å². The molecule has 7 nitrogen and oxygen atoms in total. The molecule has 0 atom stereocenters. The molecular formula is C29H21BrClN3O4. The minimum Gasteiger partial charge on any atom is -0.422 e. The van der Waals surface area contributed by atoms with Crippen molar-refractivity contribution in [2.24, 2.45) is 5.10 Å². The number of nitrogens with zero attached hydrogens (tertiary/aromatic N) is 1. The molecule has 0 unspecified atom stereocenters. The molecule has 0 aromatic heterocycles. The van der Waals surface area contributed by atoms with Crippen LogP contribution in [0.1, 0.15) is 42.2 Å². The lowest BCUT2D eigenvalue weighted by Gasteiger charge is -2.11. The fraction of sp³-hybridized carbons (Fsp3) is 0.0345. The van der Waals surface area contributed by atoms with E-state index in [0.717, 1.165) is 10.0 Å². The second-order valence-corrected chi connectivity index (χ2v) is 9.50. The molecule has 38 heavy (non-hydrogen) atoms. The van der Waals surface area contributed by atoms with Gasteiger partial charge in [0.05, 0.1) is 23.0 Å². The Bertz CT molecular complexity index is 1540. The van der Waals surface area contributed by atoms with E-state index in [1.165, 1.54) is 6.21 Å². The Kier molecular flexibility index (Phi) is 8.68. The van der Waals surface area contributed by atoms with E-state index in [4.69, 9.17) is 16.3 Å². The number of ether oxygens (including phenoxy) is 1. The fourth-order valence-corrected chi connectivity index (χ4v) is 3.95. The van der Waals surface area contributed by atoms with Gasteiger partial charge in [-0.05, 0) is 73.7 Å². The first kappa shape index (κ1) is 26.8. The van der Waals surface area contributed by atoms with E-state index in [1.807, 2.05) is 13.0 Å². The van der Waals surface area contributed by atoms with Gasteiger partial charge in [0.25, 0.3) is 11.8 Å². The lowest BCUT2D eigenvalue weighted by atomic mass is 10.1. The quantitative estimate of drug-likeness (QED) is 0.109. The van der Waals surface area contributed by atoms with Crippen molar-refractivity contribution in [1.82, 2.24) is 5.43 Å². The largest absolute Gasteiger partial charge is 0.422 e. The highest BCUT2D eigenvalue weighted by atomic mass is 79.9. The zero-order valence-corrected chi connectivity index (χ0v) is 22.4. The van der Waals surface area contributed by atoms with Crippen molar-refractivity contribution >= 4 is 57.2 Å². The van der Waals surface area contributed by atoms with Crippen LogP contribution in [0.2, 0.25) is 5.02 Å². The number of benzene rings is 4. The third-order valence-corrected chi connectivity index (χ3v) is 6.07. The molecule has 0 aliphatic rings. The summed E-state index contributed by atoms with van der Waals surface area (Å²) >= 11 is 9.27. The number of aryl methyl sites for hydroxylation is 1. The summed E-state index contributed by atoms with van der Waals surface area (Å²) in [5, 5.41) is 7.32. The molecule has 0 heterocycles. The number of para-hydroxylation sites is 1. The van der Waals surface area contributed by atoms with Gasteiger partial charge in [0.1, 0.15) is 5.75 Å². The van der Waals surface area contributed by atoms with Crippen LogP contribution in [0.5, 0.6) is 5.75 Å². The van der Waals surface area contributed by atoms with Gasteiger partial charge < -0.3 is 10.1 Å². The molecule has 0 spiro atoms. The topological polar surface area (TPSA) is 96.9 Å². The van der Waals surface area contributed by atoms with E-state index in [9.17, 15) is 14.4 Å². The molecule has 0 saturated heterocycles. The standard InChI is InChI=1S/C29H21BrClN3O4/c1-18-5-4-6-20(15-18)27(35)33-25-8-3-2-7-24(25)28(36)34-32-17-21-16-22(30)11-14-26(21)38-29(37)19-9-12-23(31)13-10-19/h2-17H,1H3,(H,33,35)(H,34,36)/b32-17-. The van der Waals surface area contributed by atoms with Crippen molar-refractivity contribution in [2.45, 2.75) is 6.92 Å². The number of hydrogen-bond donors (Lipinski definition) is 2. The number of amides is 2. The summed E-state index contributed by atoms with van der Waals surface area (Å²) in [5.41, 5.74) is 5.23. The predicted molar refractivity (Wildman–Crippen MR) is 151 cm³/mol. The number of rotatable bonds is 7. The van der Waals surface area contributed by atoms with E-state index >= 15 is 0 Å². The molecule has 4 rings (SSSR count). The normalized spacial score (nSPS) is 10.7. The van der Waals surface area contributed by atoms with Crippen LogP contribution in [-0.4, -0.2) is 24.0 Å². The number of anilines is 1. The molecule has 190 valence electrons. The Balaban J connectivity index is 1.47. The molecule has 0 saturated carbocycles. The van der Waals surface area contributed by atoms with Crippen molar-refractivity contribution in [3.8, 4) is 5.75 Å². The second kappa shape index (κ2) is 12.3. The van der Waals surface area contributed by atoms with Crippen molar-refractivity contribution in [1.29, 1.82) is 0 Å². The third kappa shape index (κ3) is 6.94. The van der Waals surface area contributed by atoms with Crippen LogP contribution in [-0.2, 0) is 0 Å². The van der Waals surface area contributed by atoms with Crippen LogP contribution in [0.3, 0.4) is 0 Å². The van der Waals surface area contributed by atoms with Gasteiger partial charge in [-0.25, -0.2) is 10.2 Å². The first-order chi connectivity index (χ1) is 18.3. The number of carbonyl (C=O) groups excluding carboxylic acids is 3. The van der Waals surface area contributed by atoms with Crippen molar-refractivity contribution in [2.75, 3.05) is 5.32 Å². The average Bonchev–Trinajstić information content (AvgIpc) is 2.90. The molecule has 0 aliphatic carbocycles. The predicted octanol–water partition coefficient (Wildman–Crippen LogP) is 6.65. The summed E-state index contributed by atoms with van der Waals surface area (Å²) in [6, 6.07) is 25.1. The van der Waals surface area contributed by atoms with E-state index in [1.54, 1.807) is 84.9 Å². The molecule has 0 radical (unpaired) electrons. The first-order valence-corrected chi connectivity index (χ1v) is 12.5. The van der Waals surface area contributed by atoms with Crippen molar-refractivity contribution in [3.05, 3.63) is 128 Å². The molecule has 4 aromatic carbocycles. The van der Waals surface area contributed by atoms with Crippen LogP contribution in [0.4, 0.5) is 5.69 Å². The van der Waals surface area contributed by atoms with Gasteiger partial charge >= 0.3 is 5.97 Å². The summed E-state index contributed by atoms with van der Waals surface area (Å²) in [6.45, 7) is 1.89. The molecule has 4 aromatic rings. The summed E-state index contributed by atoms with van der Waals surface area (Å²) in [7, 11) is 0. The molecule has 2 amide bonds. The monoisotopic (exact) mass is 589 g/mol. The maximum absolute atomic E-state index is 12.9. The fourth-order valence-electron chi connectivity index (χ4n) is 3.45. The first-order valence-electron chi connectivity index (χ1n) is 11.4. The smallest absolute Gasteiger partial charge is 0.343 e. The molecule has 9 heteroatoms. The van der Waals surface area contributed by atoms with Gasteiger partial charge in [0.2, 0.25) is 0 Å². The Hall–Kier alpha value is -4.27. The lowest BCUT2D eigenvalue weighted by molar-refractivity contribution is 0.0733. The van der Waals surface area contributed by atoms with Gasteiger partial charge in [0, 0.05) is 20.6 Å². The SMILES string of the molecule is Cc1cccc(C(=O)Nc2ccccc2C(=O)N/N=C\c2cc(Br)ccc2OC(=O)c2ccc(Cl)cc2)c1. The van der Waals surface area contributed by atoms with Crippen molar-refractivity contribution < 1.29 is 19.1 Å². The summed E-state index contributed by atoms with van der Waals surface area (Å²) in [5.74, 6) is -1.19. The zero-order chi connectivity index (χ0) is 27.1. The van der Waals surface area contributed by atoms with Gasteiger partial charge in [0.15, 0.2) is 0 Å². The van der Waals surface area contributed by atoms with E-state index in [0.29, 0.717) is 27.4 Å². The summed E-state index contributed by atoms with van der Waals surface area (Å²) < 4.78 is 6.25. The average molecular weight is 591 g/mol. The Morgan fingerprint density at radius 1 is 0.868 bits per heavy atom. The second-order valence-electron chi connectivity index (χ2n) is 8.15. The van der Waals surface area contributed by atoms with Crippen LogP contribution in [0, 0.1) is 6.92 Å². The highest BCUT2D eigenvalue weighted by Gasteiger charge is 2.15. The third-order valence-electron chi connectivity index (χ3n) is 5.32. The number of hydrogen-bond acceptors (Lipinski definition) is 5. The van der Waals surface area contributed by atoms with Crippen LogP contribution in [0.15, 0.2) is 101 Å². The summed E-state index contributed by atoms with van der Waals surface area (Å²) in [6.07, 6.45) is 1.36. The highest BCUT2D eigenvalue weighted by molar-refractivity contribution is 9.10. The minimum absolute atomic E-state index is 0.231. The summed E-state index contributed by atoms with van der Waals surface area (Å²) in [4.78, 5) is 38.1. The molecule has 0 bridgehead atoms. The van der Waals surface area contributed by atoms with Gasteiger partial charge in [-0.3, -0.25) is 9.59 Å². The van der Waals surface area contributed by atoms with Crippen molar-refractivity contribution in [3.63, 3.8) is 0 Å². The zero-order valence-electron chi connectivity index (χ0n) is 20.1. The Morgan fingerprint density at radius 2 is 1.63 bits per heavy atom. The Morgan fingerprint density at radius 3 is 2.39 bits per heavy atom. The van der Waals surface area contributed by atoms with Gasteiger partial charge in [-0.15, -0.1) is 0 Å². The Labute approximate surface area is 232 Å². The molecule has 0 aliphatic heterocycles. The number of carbonyl (C=O) groups is 3. The molecule has 0 fully saturated rings. The number of esters is 1. The lowest BCUT2D eigenvalue weighted by Crippen LogP contribution is -2.21. The van der Waals surface area contributed by atoms with Crippen LogP contribution in [0.25, 0.3) is 0 Å².